The average Bonchev–Trinajstić information content (AvgIpc) is 3.06. The van der Waals surface area contributed by atoms with Gasteiger partial charge < -0.3 is 9.88 Å². The number of fused-ring (bicyclic) bond motifs is 1. The van der Waals surface area contributed by atoms with Gasteiger partial charge in [0, 0.05) is 30.1 Å². The summed E-state index contributed by atoms with van der Waals surface area (Å²) in [5.41, 5.74) is 4.30. The molecule has 1 amide bonds. The second kappa shape index (κ2) is 7.20. The molecule has 0 saturated heterocycles. The van der Waals surface area contributed by atoms with Crippen LogP contribution in [-0.2, 0) is 0 Å². The van der Waals surface area contributed by atoms with E-state index in [2.05, 4.69) is 10.3 Å². The molecule has 4 rings (SSSR count). The minimum Gasteiger partial charge on any atom is -0.326 e. The number of nitrogens with zero attached hydrogens (tertiary/aromatic N) is 2. The monoisotopic (exact) mass is 386 g/mol. The van der Waals surface area contributed by atoms with Gasteiger partial charge in [-0.2, -0.15) is 0 Å². The second-order valence-corrected chi connectivity index (χ2v) is 7.02. The number of carbonyl (C=O) groups is 1. The molecule has 1 saturated carbocycles. The molecule has 2 aromatic carbocycles. The molecular weight excluding hydrogens is 366 g/mol. The van der Waals surface area contributed by atoms with Crippen molar-refractivity contribution in [1.82, 2.24) is 15.0 Å². The largest absolute Gasteiger partial charge is 0.326 e. The van der Waals surface area contributed by atoms with Crippen LogP contribution in [-0.4, -0.2) is 26.6 Å². The van der Waals surface area contributed by atoms with Gasteiger partial charge in [-0.05, 0) is 49.2 Å². The molecule has 1 aliphatic carbocycles. The third-order valence-corrected chi connectivity index (χ3v) is 5.15. The fourth-order valence-electron chi connectivity index (χ4n) is 3.68. The van der Waals surface area contributed by atoms with Crippen LogP contribution < -0.4 is 10.8 Å². The molecule has 28 heavy (non-hydrogen) atoms. The first-order valence-corrected chi connectivity index (χ1v) is 9.13. The lowest BCUT2D eigenvalue weighted by Gasteiger charge is -2.30. The maximum absolute atomic E-state index is 13.6. The molecule has 0 atom stereocenters. The molecule has 1 fully saturated rings. The smallest absolute Gasteiger partial charge is 0.274 e. The number of halogens is 2. The van der Waals surface area contributed by atoms with Gasteiger partial charge in [-0.1, -0.05) is 12.1 Å². The van der Waals surface area contributed by atoms with Crippen LogP contribution in [0.1, 0.15) is 42.1 Å². The van der Waals surface area contributed by atoms with Crippen LogP contribution in [0.15, 0.2) is 48.5 Å². The summed E-state index contributed by atoms with van der Waals surface area (Å²) in [4.78, 5) is 16.1. The summed E-state index contributed by atoms with van der Waals surface area (Å²) in [6, 6.07) is 14.1. The lowest BCUT2D eigenvalue weighted by atomic mass is 9.92. The summed E-state index contributed by atoms with van der Waals surface area (Å²) in [6.07, 6.45) is 0.512. The Morgan fingerprint density at radius 2 is 1.79 bits per heavy atom. The molecule has 1 aromatic heterocycles. The second-order valence-electron chi connectivity index (χ2n) is 7.02. The number of nitrogens with one attached hydrogen (secondary N) is 2. The molecule has 146 valence electrons. The molecule has 0 spiro atoms. The number of para-hydroxylation sites is 2. The van der Waals surface area contributed by atoms with E-state index in [1.807, 2.05) is 28.8 Å². The summed E-state index contributed by atoms with van der Waals surface area (Å²) in [5.74, 6) is -2.61. The van der Waals surface area contributed by atoms with E-state index in [4.69, 9.17) is 5.21 Å². The van der Waals surface area contributed by atoms with Gasteiger partial charge >= 0.3 is 0 Å². The third-order valence-electron chi connectivity index (χ3n) is 5.15. The van der Waals surface area contributed by atoms with Crippen molar-refractivity contribution in [2.24, 2.45) is 0 Å². The van der Waals surface area contributed by atoms with E-state index in [1.165, 1.54) is 0 Å². The summed E-state index contributed by atoms with van der Waals surface area (Å²) >= 11 is 0. The molecular formula is C20H20F2N4O2. The Hall–Kier alpha value is -3.00. The van der Waals surface area contributed by atoms with Gasteiger partial charge in [-0.15, -0.1) is 0 Å². The maximum atomic E-state index is 13.6. The van der Waals surface area contributed by atoms with Gasteiger partial charge in [-0.3, -0.25) is 10.0 Å². The minimum atomic E-state index is -2.59. The zero-order chi connectivity index (χ0) is 19.7. The van der Waals surface area contributed by atoms with E-state index >= 15 is 0 Å². The third kappa shape index (κ3) is 3.55. The highest BCUT2D eigenvalue weighted by atomic mass is 19.3. The normalized spacial score (nSPS) is 16.8. The van der Waals surface area contributed by atoms with Crippen LogP contribution in [0.5, 0.6) is 0 Å². The molecule has 0 unspecified atom stereocenters. The predicted octanol–water partition coefficient (Wildman–Crippen LogP) is 4.65. The molecule has 3 aromatic rings. The number of carbonyl (C=O) groups excluding carboxylic acids is 1. The number of hydroxylamine groups is 1. The van der Waals surface area contributed by atoms with Crippen LogP contribution in [0.3, 0.4) is 0 Å². The van der Waals surface area contributed by atoms with Crippen molar-refractivity contribution < 1.29 is 18.8 Å². The first-order chi connectivity index (χ1) is 13.5. The average molecular weight is 386 g/mol. The lowest BCUT2D eigenvalue weighted by molar-refractivity contribution is -0.0434. The van der Waals surface area contributed by atoms with Crippen LogP contribution in [0.4, 0.5) is 20.4 Å². The number of hydrogen-bond acceptors (Lipinski definition) is 4. The Morgan fingerprint density at radius 1 is 1.11 bits per heavy atom. The Labute approximate surface area is 160 Å². The quantitative estimate of drug-likeness (QED) is 0.450. The Morgan fingerprint density at radius 3 is 2.46 bits per heavy atom. The molecule has 0 radical (unpaired) electrons. The van der Waals surface area contributed by atoms with Crippen LogP contribution in [0.25, 0.3) is 11.0 Å². The molecule has 0 aliphatic heterocycles. The first-order valence-electron chi connectivity index (χ1n) is 9.13. The standard InChI is InChI=1S/C20H20F2N4O2/c21-20(22)11-9-15(10-12-20)26-17-4-2-1-3-16(17)24-19(26)23-14-7-5-13(6-8-14)18(27)25-28/h1-8,15,28H,9-12H2,(H,23,24)(H,25,27). The highest BCUT2D eigenvalue weighted by molar-refractivity contribution is 5.93. The van der Waals surface area contributed by atoms with Crippen molar-refractivity contribution >= 4 is 28.6 Å². The molecule has 3 N–H and O–H groups in total. The van der Waals surface area contributed by atoms with Gasteiger partial charge in [-0.25, -0.2) is 19.2 Å². The van der Waals surface area contributed by atoms with E-state index in [-0.39, 0.29) is 18.9 Å². The first kappa shape index (κ1) is 18.4. The van der Waals surface area contributed by atoms with E-state index in [0.717, 1.165) is 11.0 Å². The topological polar surface area (TPSA) is 79.2 Å². The Kier molecular flexibility index (Phi) is 4.72. The number of amides is 1. The minimum absolute atomic E-state index is 0.0611. The zero-order valence-corrected chi connectivity index (χ0v) is 15.0. The maximum Gasteiger partial charge on any atom is 0.274 e. The summed E-state index contributed by atoms with van der Waals surface area (Å²) < 4.78 is 29.2. The van der Waals surface area contributed by atoms with E-state index in [9.17, 15) is 13.6 Å². The van der Waals surface area contributed by atoms with Crippen molar-refractivity contribution in [3.05, 3.63) is 54.1 Å². The Balaban J connectivity index is 1.66. The Bertz CT molecular complexity index is 991. The van der Waals surface area contributed by atoms with Crippen molar-refractivity contribution in [3.63, 3.8) is 0 Å². The van der Waals surface area contributed by atoms with Crippen molar-refractivity contribution in [2.45, 2.75) is 37.6 Å². The SMILES string of the molecule is O=C(NO)c1ccc(Nc2nc3ccccc3n2C2CCC(F)(F)CC2)cc1. The van der Waals surface area contributed by atoms with Gasteiger partial charge in [0.2, 0.25) is 11.9 Å². The highest BCUT2D eigenvalue weighted by Crippen LogP contribution is 2.41. The summed E-state index contributed by atoms with van der Waals surface area (Å²) in [5, 5.41) is 11.9. The number of rotatable bonds is 4. The van der Waals surface area contributed by atoms with Crippen LogP contribution in [0.2, 0.25) is 0 Å². The van der Waals surface area contributed by atoms with Gasteiger partial charge in [0.15, 0.2) is 0 Å². The van der Waals surface area contributed by atoms with Crippen molar-refractivity contribution in [1.29, 1.82) is 0 Å². The number of anilines is 2. The van der Waals surface area contributed by atoms with Crippen LogP contribution >= 0.6 is 0 Å². The van der Waals surface area contributed by atoms with Gasteiger partial charge in [0.05, 0.1) is 11.0 Å². The van der Waals surface area contributed by atoms with E-state index in [0.29, 0.717) is 30.0 Å². The van der Waals surface area contributed by atoms with Crippen molar-refractivity contribution in [2.75, 3.05) is 5.32 Å². The summed E-state index contributed by atoms with van der Waals surface area (Å²) in [6.45, 7) is 0. The number of hydrogen-bond donors (Lipinski definition) is 3. The molecule has 6 nitrogen and oxygen atoms in total. The van der Waals surface area contributed by atoms with Gasteiger partial charge in [0.1, 0.15) is 0 Å². The van der Waals surface area contributed by atoms with E-state index < -0.39 is 11.8 Å². The van der Waals surface area contributed by atoms with Crippen LogP contribution in [0, 0.1) is 0 Å². The number of alkyl halides is 2. The highest BCUT2D eigenvalue weighted by Gasteiger charge is 2.36. The van der Waals surface area contributed by atoms with Crippen molar-refractivity contribution in [3.8, 4) is 0 Å². The molecule has 0 bridgehead atoms. The van der Waals surface area contributed by atoms with E-state index in [1.54, 1.807) is 29.7 Å². The molecule has 8 heteroatoms. The number of aromatic nitrogens is 2. The number of benzene rings is 2. The fourth-order valence-corrected chi connectivity index (χ4v) is 3.68. The predicted molar refractivity (Wildman–Crippen MR) is 101 cm³/mol. The molecule has 1 aliphatic rings. The summed E-state index contributed by atoms with van der Waals surface area (Å²) in [7, 11) is 0. The fraction of sp³-hybridized carbons (Fsp3) is 0.300. The number of imidazole rings is 1. The van der Waals surface area contributed by atoms with Gasteiger partial charge in [0.25, 0.3) is 5.91 Å². The molecule has 1 heterocycles. The lowest BCUT2D eigenvalue weighted by Crippen LogP contribution is -2.26. The zero-order valence-electron chi connectivity index (χ0n) is 15.0.